The first kappa shape index (κ1) is 21.7. The van der Waals surface area contributed by atoms with Gasteiger partial charge in [-0.1, -0.05) is 11.6 Å². The van der Waals surface area contributed by atoms with Gasteiger partial charge in [0.2, 0.25) is 5.95 Å². The summed E-state index contributed by atoms with van der Waals surface area (Å²) in [5.74, 6) is 2.51. The highest BCUT2D eigenvalue weighted by atomic mass is 35.5. The SMILES string of the molecule is O=S1c2c(nc(N3CCCC(c4ncc(Cl)cn4)CC3)nc2NC2(CO)CCC2)CC12CC2. The molecule has 10 heteroatoms. The minimum Gasteiger partial charge on any atom is -0.394 e. The molecule has 33 heavy (non-hydrogen) atoms. The van der Waals surface area contributed by atoms with Gasteiger partial charge in [0, 0.05) is 37.8 Å². The van der Waals surface area contributed by atoms with E-state index in [-0.39, 0.29) is 22.8 Å². The quantitative estimate of drug-likeness (QED) is 0.661. The summed E-state index contributed by atoms with van der Waals surface area (Å²) >= 11 is 5.96. The Morgan fingerprint density at radius 3 is 2.58 bits per heavy atom. The minimum absolute atomic E-state index is 0.0609. The molecule has 2 aromatic rings. The van der Waals surface area contributed by atoms with E-state index in [1.807, 2.05) is 0 Å². The second-order valence-corrected chi connectivity index (χ2v) is 12.3. The largest absolute Gasteiger partial charge is 0.394 e. The van der Waals surface area contributed by atoms with E-state index in [2.05, 4.69) is 20.2 Å². The Morgan fingerprint density at radius 1 is 1.12 bits per heavy atom. The Labute approximate surface area is 201 Å². The van der Waals surface area contributed by atoms with Crippen molar-refractivity contribution in [3.05, 3.63) is 28.9 Å². The number of rotatable bonds is 5. The first-order valence-electron chi connectivity index (χ1n) is 12.0. The van der Waals surface area contributed by atoms with E-state index < -0.39 is 10.8 Å². The third kappa shape index (κ3) is 3.82. The molecule has 0 bridgehead atoms. The normalized spacial score (nSPS) is 27.0. The van der Waals surface area contributed by atoms with Crippen molar-refractivity contribution in [2.24, 2.45) is 0 Å². The number of hydrogen-bond acceptors (Lipinski definition) is 8. The van der Waals surface area contributed by atoms with Gasteiger partial charge in [0.25, 0.3) is 0 Å². The molecule has 6 rings (SSSR count). The fourth-order valence-corrected chi connectivity index (χ4v) is 7.25. The van der Waals surface area contributed by atoms with Crippen molar-refractivity contribution in [1.29, 1.82) is 0 Å². The Hall–Kier alpha value is -1.84. The average Bonchev–Trinajstić information content (AvgIpc) is 3.55. The van der Waals surface area contributed by atoms with E-state index in [0.29, 0.717) is 16.8 Å². The molecule has 3 fully saturated rings. The van der Waals surface area contributed by atoms with Crippen molar-refractivity contribution >= 4 is 34.2 Å². The summed E-state index contributed by atoms with van der Waals surface area (Å²) in [7, 11) is -1.09. The zero-order valence-electron chi connectivity index (χ0n) is 18.6. The van der Waals surface area contributed by atoms with Crippen LogP contribution in [0, 0.1) is 0 Å². The number of nitrogens with zero attached hydrogens (tertiary/aromatic N) is 5. The number of fused-ring (bicyclic) bond motifs is 1. The molecule has 4 heterocycles. The third-order valence-electron chi connectivity index (χ3n) is 7.81. The molecule has 2 aromatic heterocycles. The van der Waals surface area contributed by atoms with Gasteiger partial charge in [-0.25, -0.2) is 15.0 Å². The molecule has 2 N–H and O–H groups in total. The van der Waals surface area contributed by atoms with Gasteiger partial charge in [-0.2, -0.15) is 4.98 Å². The molecule has 1 spiro atoms. The zero-order chi connectivity index (χ0) is 22.6. The number of aromatic nitrogens is 4. The first-order valence-corrected chi connectivity index (χ1v) is 13.5. The van der Waals surface area contributed by atoms with Crippen molar-refractivity contribution in [2.45, 2.75) is 78.9 Å². The molecule has 0 aromatic carbocycles. The topological polar surface area (TPSA) is 104 Å². The maximum Gasteiger partial charge on any atom is 0.227 e. The van der Waals surface area contributed by atoms with Crippen LogP contribution in [0.4, 0.5) is 11.8 Å². The number of aliphatic hydroxyl groups excluding tert-OH is 1. The van der Waals surface area contributed by atoms with Gasteiger partial charge in [0.1, 0.15) is 16.5 Å². The predicted octanol–water partition coefficient (Wildman–Crippen LogP) is 3.22. The zero-order valence-corrected chi connectivity index (χ0v) is 20.2. The van der Waals surface area contributed by atoms with Crippen molar-refractivity contribution in [3.63, 3.8) is 0 Å². The van der Waals surface area contributed by atoms with Crippen molar-refractivity contribution < 1.29 is 9.32 Å². The van der Waals surface area contributed by atoms with Crippen LogP contribution in [0.25, 0.3) is 0 Å². The first-order chi connectivity index (χ1) is 16.0. The van der Waals surface area contributed by atoms with Gasteiger partial charge in [0.05, 0.1) is 38.4 Å². The van der Waals surface area contributed by atoms with Gasteiger partial charge < -0.3 is 15.3 Å². The summed E-state index contributed by atoms with van der Waals surface area (Å²) in [6.45, 7) is 1.74. The van der Waals surface area contributed by atoms with Gasteiger partial charge in [-0.3, -0.25) is 4.21 Å². The lowest BCUT2D eigenvalue weighted by Gasteiger charge is -2.41. The Morgan fingerprint density at radius 2 is 1.91 bits per heavy atom. The number of hydrogen-bond donors (Lipinski definition) is 2. The van der Waals surface area contributed by atoms with Crippen LogP contribution < -0.4 is 10.2 Å². The molecule has 2 unspecified atom stereocenters. The average molecular weight is 489 g/mol. The highest BCUT2D eigenvalue weighted by Crippen LogP contribution is 2.54. The predicted molar refractivity (Wildman–Crippen MR) is 127 cm³/mol. The lowest BCUT2D eigenvalue weighted by atomic mass is 9.77. The van der Waals surface area contributed by atoms with Crippen LogP contribution in [0.15, 0.2) is 17.3 Å². The fourth-order valence-electron chi connectivity index (χ4n) is 5.38. The van der Waals surface area contributed by atoms with Gasteiger partial charge in [0.15, 0.2) is 0 Å². The molecule has 2 aliphatic carbocycles. The second-order valence-electron chi connectivity index (χ2n) is 10.1. The van der Waals surface area contributed by atoms with Crippen LogP contribution in [0.1, 0.15) is 68.8 Å². The molecule has 2 saturated carbocycles. The lowest BCUT2D eigenvalue weighted by molar-refractivity contribution is 0.143. The summed E-state index contributed by atoms with van der Waals surface area (Å²) < 4.78 is 13.2. The Balaban J connectivity index is 1.29. The number of anilines is 2. The van der Waals surface area contributed by atoms with Gasteiger partial charge in [-0.05, 0) is 51.4 Å². The number of nitrogens with one attached hydrogen (secondary N) is 1. The highest BCUT2D eigenvalue weighted by molar-refractivity contribution is 7.87. The van der Waals surface area contributed by atoms with Crippen molar-refractivity contribution in [2.75, 3.05) is 29.9 Å². The van der Waals surface area contributed by atoms with Crippen LogP contribution >= 0.6 is 11.6 Å². The van der Waals surface area contributed by atoms with Crippen LogP contribution in [-0.2, 0) is 17.2 Å². The smallest absolute Gasteiger partial charge is 0.227 e. The summed E-state index contributed by atoms with van der Waals surface area (Å²) in [5, 5.41) is 14.1. The molecular weight excluding hydrogens is 460 g/mol. The molecule has 176 valence electrons. The number of halogens is 1. The maximum absolute atomic E-state index is 13.3. The van der Waals surface area contributed by atoms with Gasteiger partial charge >= 0.3 is 0 Å². The molecule has 0 amide bonds. The molecule has 2 atom stereocenters. The summed E-state index contributed by atoms with van der Waals surface area (Å²) in [4.78, 5) is 21.8. The van der Waals surface area contributed by atoms with Crippen LogP contribution in [-0.4, -0.2) is 59.2 Å². The summed E-state index contributed by atoms with van der Waals surface area (Å²) in [6, 6.07) is 0. The second kappa shape index (κ2) is 8.13. The van der Waals surface area contributed by atoms with E-state index in [1.165, 1.54) is 0 Å². The highest BCUT2D eigenvalue weighted by Gasteiger charge is 2.56. The van der Waals surface area contributed by atoms with E-state index in [0.717, 1.165) is 87.3 Å². The monoisotopic (exact) mass is 488 g/mol. The maximum atomic E-state index is 13.3. The number of aliphatic hydroxyl groups is 1. The summed E-state index contributed by atoms with van der Waals surface area (Å²) in [5.41, 5.74) is 0.575. The molecule has 1 saturated heterocycles. The van der Waals surface area contributed by atoms with Crippen molar-refractivity contribution in [3.8, 4) is 0 Å². The lowest BCUT2D eigenvalue weighted by Crippen LogP contribution is -2.48. The third-order valence-corrected chi connectivity index (χ3v) is 10.1. The van der Waals surface area contributed by atoms with Crippen LogP contribution in [0.5, 0.6) is 0 Å². The molecule has 0 radical (unpaired) electrons. The van der Waals surface area contributed by atoms with Gasteiger partial charge in [-0.15, -0.1) is 0 Å². The molecule has 4 aliphatic rings. The fraction of sp³-hybridized carbons (Fsp3) is 0.652. The van der Waals surface area contributed by atoms with E-state index in [4.69, 9.17) is 21.6 Å². The van der Waals surface area contributed by atoms with Crippen LogP contribution in [0.2, 0.25) is 5.02 Å². The summed E-state index contributed by atoms with van der Waals surface area (Å²) in [6.07, 6.45) is 11.9. The van der Waals surface area contributed by atoms with E-state index in [9.17, 15) is 9.32 Å². The van der Waals surface area contributed by atoms with E-state index >= 15 is 0 Å². The van der Waals surface area contributed by atoms with E-state index in [1.54, 1.807) is 12.4 Å². The van der Waals surface area contributed by atoms with Crippen LogP contribution in [0.3, 0.4) is 0 Å². The Bertz CT molecular complexity index is 1080. The molecular formula is C23H29ClN6O2S. The van der Waals surface area contributed by atoms with Crippen molar-refractivity contribution in [1.82, 2.24) is 19.9 Å². The molecule has 2 aliphatic heterocycles. The Kier molecular flexibility index (Phi) is 5.34. The molecule has 8 nitrogen and oxygen atoms in total. The minimum atomic E-state index is -1.09. The standard InChI is InChI=1S/C23H29ClN6O2S/c24-16-12-25-19(26-13-16)15-3-1-9-30(10-4-15)21-27-17-11-23(7-8-23)33(32)18(17)20(28-21)29-22(14-31)5-2-6-22/h12-13,15,31H,1-11,14H2,(H,27,28,29).